The Hall–Kier alpha value is -2.99. The second-order valence-electron chi connectivity index (χ2n) is 8.72. The molecule has 0 bridgehead atoms. The Labute approximate surface area is 183 Å². The van der Waals surface area contributed by atoms with E-state index in [1.165, 1.54) is 16.7 Å². The summed E-state index contributed by atoms with van der Waals surface area (Å²) in [6, 6.07) is 19.3. The van der Waals surface area contributed by atoms with E-state index in [0.717, 1.165) is 57.1 Å². The molecule has 2 heterocycles. The number of carbonyl (C=O) groups excluding carboxylic acids is 1. The van der Waals surface area contributed by atoms with Crippen LogP contribution in [0.4, 0.5) is 0 Å². The maximum Gasteiger partial charge on any atom is 0.223 e. The highest BCUT2D eigenvalue weighted by molar-refractivity contribution is 5.81. The van der Waals surface area contributed by atoms with Gasteiger partial charge in [-0.1, -0.05) is 54.6 Å². The molecule has 5 rings (SSSR count). The number of benzene rings is 2. The highest BCUT2D eigenvalue weighted by Gasteiger charge is 2.31. The zero-order valence-electron chi connectivity index (χ0n) is 18.0. The summed E-state index contributed by atoms with van der Waals surface area (Å²) in [6.07, 6.45) is 2.90. The van der Waals surface area contributed by atoms with Gasteiger partial charge in [0.05, 0.1) is 6.04 Å². The highest BCUT2D eigenvalue weighted by atomic mass is 16.2. The number of aromatic nitrogens is 3. The molecule has 1 N–H and O–H groups in total. The van der Waals surface area contributed by atoms with E-state index in [2.05, 4.69) is 73.5 Å². The molecule has 1 fully saturated rings. The molecule has 2 aromatic carbocycles. The minimum atomic E-state index is -0.105. The average Bonchev–Trinajstić information content (AvgIpc) is 3.60. The molecule has 6 heteroatoms. The first-order chi connectivity index (χ1) is 15.2. The quantitative estimate of drug-likeness (QED) is 0.668. The van der Waals surface area contributed by atoms with Gasteiger partial charge in [0, 0.05) is 38.5 Å². The van der Waals surface area contributed by atoms with E-state index in [1.54, 1.807) is 0 Å². The molecule has 0 spiro atoms. The van der Waals surface area contributed by atoms with Crippen LogP contribution in [-0.4, -0.2) is 38.7 Å². The normalized spacial score (nSPS) is 17.6. The third kappa shape index (κ3) is 4.54. The fourth-order valence-corrected chi connectivity index (χ4v) is 4.30. The van der Waals surface area contributed by atoms with Gasteiger partial charge in [-0.2, -0.15) is 0 Å². The molecule has 1 saturated carbocycles. The van der Waals surface area contributed by atoms with Crippen molar-refractivity contribution in [1.82, 2.24) is 25.0 Å². The van der Waals surface area contributed by atoms with Gasteiger partial charge in [0.15, 0.2) is 5.82 Å². The van der Waals surface area contributed by atoms with Gasteiger partial charge in [0.1, 0.15) is 5.82 Å². The van der Waals surface area contributed by atoms with Crippen LogP contribution in [0.3, 0.4) is 0 Å². The first kappa shape index (κ1) is 19.9. The van der Waals surface area contributed by atoms with Crippen LogP contribution in [0.5, 0.6) is 0 Å². The number of nitrogens with zero attached hydrogens (tertiary/aromatic N) is 4. The molecule has 0 radical (unpaired) electrons. The van der Waals surface area contributed by atoms with Crippen LogP contribution in [0.15, 0.2) is 54.6 Å². The van der Waals surface area contributed by atoms with Gasteiger partial charge in [0.2, 0.25) is 5.91 Å². The second kappa shape index (κ2) is 8.63. The molecule has 1 amide bonds. The summed E-state index contributed by atoms with van der Waals surface area (Å²) in [4.78, 5) is 14.6. The zero-order chi connectivity index (χ0) is 21.2. The summed E-state index contributed by atoms with van der Waals surface area (Å²) in [5.74, 6) is 2.25. The zero-order valence-corrected chi connectivity index (χ0v) is 18.0. The van der Waals surface area contributed by atoms with Gasteiger partial charge in [0.25, 0.3) is 0 Å². The predicted molar refractivity (Wildman–Crippen MR) is 120 cm³/mol. The summed E-state index contributed by atoms with van der Waals surface area (Å²) >= 11 is 0. The van der Waals surface area contributed by atoms with Crippen molar-refractivity contribution in [3.8, 4) is 11.1 Å². The van der Waals surface area contributed by atoms with Crippen LogP contribution in [-0.2, 0) is 24.3 Å². The predicted octanol–water partition coefficient (Wildman–Crippen LogP) is 3.59. The molecule has 3 aromatic rings. The third-order valence-corrected chi connectivity index (χ3v) is 6.31. The lowest BCUT2D eigenvalue weighted by molar-refractivity contribution is -0.123. The Morgan fingerprint density at radius 2 is 1.74 bits per heavy atom. The van der Waals surface area contributed by atoms with E-state index in [9.17, 15) is 4.79 Å². The Balaban J connectivity index is 1.21. The van der Waals surface area contributed by atoms with Gasteiger partial charge in [-0.05, 0) is 36.5 Å². The standard InChI is InChI=1S/C25H29N5O/c1-18(26-25(31)22-11-12-22)24-28-27-23-13-14-29(15-16-30(23)24)17-19-7-9-21(10-8-19)20-5-3-2-4-6-20/h2-10,18,22H,11-17H2,1H3,(H,26,31)/t18-/m1/s1. The summed E-state index contributed by atoms with van der Waals surface area (Å²) in [7, 11) is 0. The lowest BCUT2D eigenvalue weighted by Gasteiger charge is -2.20. The van der Waals surface area contributed by atoms with Crippen molar-refractivity contribution in [1.29, 1.82) is 0 Å². The Morgan fingerprint density at radius 1 is 1.00 bits per heavy atom. The molecule has 1 aliphatic carbocycles. The molecular formula is C25H29N5O. The number of rotatable bonds is 6. The Kier molecular flexibility index (Phi) is 5.55. The van der Waals surface area contributed by atoms with Crippen molar-refractivity contribution >= 4 is 5.91 Å². The fraction of sp³-hybridized carbons (Fsp3) is 0.400. The van der Waals surface area contributed by atoms with Crippen molar-refractivity contribution in [3.05, 3.63) is 71.8 Å². The van der Waals surface area contributed by atoms with E-state index >= 15 is 0 Å². The highest BCUT2D eigenvalue weighted by Crippen LogP contribution is 2.30. The summed E-state index contributed by atoms with van der Waals surface area (Å²) in [5.41, 5.74) is 3.82. The van der Waals surface area contributed by atoms with Gasteiger partial charge in [-0.25, -0.2) is 0 Å². The minimum Gasteiger partial charge on any atom is -0.346 e. The largest absolute Gasteiger partial charge is 0.346 e. The average molecular weight is 416 g/mol. The maximum absolute atomic E-state index is 12.1. The fourth-order valence-electron chi connectivity index (χ4n) is 4.30. The lowest BCUT2D eigenvalue weighted by atomic mass is 10.0. The van der Waals surface area contributed by atoms with Crippen LogP contribution in [0.25, 0.3) is 11.1 Å². The number of carbonyl (C=O) groups is 1. The first-order valence-corrected chi connectivity index (χ1v) is 11.3. The van der Waals surface area contributed by atoms with Crippen LogP contribution >= 0.6 is 0 Å². The number of fused-ring (bicyclic) bond motifs is 1. The molecule has 1 atom stereocenters. The molecular weight excluding hydrogens is 386 g/mol. The van der Waals surface area contributed by atoms with E-state index < -0.39 is 0 Å². The molecule has 31 heavy (non-hydrogen) atoms. The summed E-state index contributed by atoms with van der Waals surface area (Å²) in [6.45, 7) is 5.69. The van der Waals surface area contributed by atoms with Gasteiger partial charge >= 0.3 is 0 Å². The third-order valence-electron chi connectivity index (χ3n) is 6.31. The van der Waals surface area contributed by atoms with Gasteiger partial charge in [-0.15, -0.1) is 10.2 Å². The number of hydrogen-bond acceptors (Lipinski definition) is 4. The molecule has 0 saturated heterocycles. The van der Waals surface area contributed by atoms with Crippen molar-refractivity contribution in [2.75, 3.05) is 13.1 Å². The van der Waals surface area contributed by atoms with Crippen LogP contribution < -0.4 is 5.32 Å². The minimum absolute atomic E-state index is 0.105. The van der Waals surface area contributed by atoms with Crippen molar-refractivity contribution in [3.63, 3.8) is 0 Å². The lowest BCUT2D eigenvalue weighted by Crippen LogP contribution is -2.31. The smallest absolute Gasteiger partial charge is 0.223 e. The van der Waals surface area contributed by atoms with E-state index in [4.69, 9.17) is 0 Å². The molecule has 1 aliphatic heterocycles. The Bertz CT molecular complexity index is 1040. The van der Waals surface area contributed by atoms with E-state index in [0.29, 0.717) is 0 Å². The SMILES string of the molecule is C[C@@H](NC(=O)C1CC1)c1nnc2n1CCN(Cc1ccc(-c3ccccc3)cc1)CC2. The maximum atomic E-state index is 12.1. The molecule has 160 valence electrons. The van der Waals surface area contributed by atoms with E-state index in [-0.39, 0.29) is 17.9 Å². The van der Waals surface area contributed by atoms with Gasteiger partial charge < -0.3 is 9.88 Å². The molecule has 1 aromatic heterocycles. The molecule has 0 unspecified atom stereocenters. The topological polar surface area (TPSA) is 63.1 Å². The van der Waals surface area contributed by atoms with E-state index in [1.807, 2.05) is 13.0 Å². The summed E-state index contributed by atoms with van der Waals surface area (Å²) < 4.78 is 2.20. The van der Waals surface area contributed by atoms with Gasteiger partial charge in [-0.3, -0.25) is 9.69 Å². The second-order valence-corrected chi connectivity index (χ2v) is 8.72. The number of nitrogens with one attached hydrogen (secondary N) is 1. The molecule has 2 aliphatic rings. The summed E-state index contributed by atoms with van der Waals surface area (Å²) in [5, 5.41) is 11.9. The van der Waals surface area contributed by atoms with Crippen molar-refractivity contribution < 1.29 is 4.79 Å². The number of amides is 1. The molecule has 6 nitrogen and oxygen atoms in total. The van der Waals surface area contributed by atoms with Crippen LogP contribution in [0.2, 0.25) is 0 Å². The monoisotopic (exact) mass is 415 g/mol. The first-order valence-electron chi connectivity index (χ1n) is 11.3. The van der Waals surface area contributed by atoms with Crippen molar-refractivity contribution in [2.45, 2.75) is 45.3 Å². The van der Waals surface area contributed by atoms with Crippen LogP contribution in [0, 0.1) is 5.92 Å². The van der Waals surface area contributed by atoms with Crippen LogP contribution in [0.1, 0.15) is 43.0 Å². The Morgan fingerprint density at radius 3 is 2.48 bits per heavy atom. The van der Waals surface area contributed by atoms with Crippen molar-refractivity contribution in [2.24, 2.45) is 5.92 Å². The number of hydrogen-bond donors (Lipinski definition) is 1.